The van der Waals surface area contributed by atoms with Crippen molar-refractivity contribution >= 4 is 56.8 Å². The van der Waals surface area contributed by atoms with Crippen LogP contribution in [0.25, 0.3) is 27.6 Å². The van der Waals surface area contributed by atoms with Gasteiger partial charge >= 0.3 is 5.97 Å². The SMILES string of the molecule is COC(=O)c1cc(N2CCOCC2)cc2c1nc(C)n2-c1ccnc2c(Cl)ccc(Cl)c12. The van der Waals surface area contributed by atoms with Gasteiger partial charge in [-0.3, -0.25) is 9.55 Å². The predicted octanol–water partition coefficient (Wildman–Crippen LogP) is 4.81. The van der Waals surface area contributed by atoms with E-state index in [4.69, 9.17) is 37.7 Å². The van der Waals surface area contributed by atoms with E-state index in [0.717, 1.165) is 35.4 Å². The Morgan fingerprint density at radius 1 is 1.09 bits per heavy atom. The molecule has 32 heavy (non-hydrogen) atoms. The largest absolute Gasteiger partial charge is 0.465 e. The number of halogens is 2. The first-order valence-electron chi connectivity index (χ1n) is 10.2. The van der Waals surface area contributed by atoms with Crippen LogP contribution < -0.4 is 4.90 Å². The topological polar surface area (TPSA) is 69.5 Å². The van der Waals surface area contributed by atoms with Crippen LogP contribution in [0.5, 0.6) is 0 Å². The zero-order valence-electron chi connectivity index (χ0n) is 17.6. The van der Waals surface area contributed by atoms with Crippen LogP contribution >= 0.6 is 23.2 Å². The number of imidazole rings is 1. The lowest BCUT2D eigenvalue weighted by Gasteiger charge is -2.29. The lowest BCUT2D eigenvalue weighted by Crippen LogP contribution is -2.36. The molecule has 0 radical (unpaired) electrons. The molecule has 1 aliphatic rings. The third-order valence-corrected chi connectivity index (χ3v) is 6.33. The van der Waals surface area contributed by atoms with Crippen molar-refractivity contribution in [3.05, 3.63) is 58.0 Å². The van der Waals surface area contributed by atoms with E-state index in [-0.39, 0.29) is 0 Å². The third kappa shape index (κ3) is 3.37. The van der Waals surface area contributed by atoms with E-state index >= 15 is 0 Å². The molecular formula is C23H20Cl2N4O3. The van der Waals surface area contributed by atoms with E-state index in [2.05, 4.69) is 9.88 Å². The molecule has 0 spiro atoms. The molecule has 1 aliphatic heterocycles. The van der Waals surface area contributed by atoms with Crippen LogP contribution in [0.15, 0.2) is 36.5 Å². The molecule has 2 aromatic heterocycles. The minimum Gasteiger partial charge on any atom is -0.465 e. The van der Waals surface area contributed by atoms with Crippen molar-refractivity contribution < 1.29 is 14.3 Å². The highest BCUT2D eigenvalue weighted by Gasteiger charge is 2.23. The van der Waals surface area contributed by atoms with Gasteiger partial charge in [0, 0.05) is 30.4 Å². The molecule has 7 nitrogen and oxygen atoms in total. The van der Waals surface area contributed by atoms with Gasteiger partial charge < -0.3 is 14.4 Å². The van der Waals surface area contributed by atoms with Gasteiger partial charge in [-0.1, -0.05) is 23.2 Å². The van der Waals surface area contributed by atoms with Crippen molar-refractivity contribution in [1.82, 2.24) is 14.5 Å². The van der Waals surface area contributed by atoms with Gasteiger partial charge in [0.15, 0.2) is 0 Å². The number of hydrogen-bond acceptors (Lipinski definition) is 6. The minimum absolute atomic E-state index is 0.413. The maximum atomic E-state index is 12.7. The summed E-state index contributed by atoms with van der Waals surface area (Å²) in [6.45, 7) is 4.62. The van der Waals surface area contributed by atoms with E-state index < -0.39 is 5.97 Å². The Hall–Kier alpha value is -2.87. The van der Waals surface area contributed by atoms with Crippen LogP contribution in [0.2, 0.25) is 10.0 Å². The van der Waals surface area contributed by atoms with E-state index in [0.29, 0.717) is 45.7 Å². The molecule has 1 fully saturated rings. The molecule has 0 bridgehead atoms. The van der Waals surface area contributed by atoms with Crippen LogP contribution in [0, 0.1) is 6.92 Å². The molecule has 0 saturated carbocycles. The number of morpholine rings is 1. The number of carbonyl (C=O) groups excluding carboxylic acids is 1. The highest BCUT2D eigenvalue weighted by atomic mass is 35.5. The van der Waals surface area contributed by atoms with Crippen LogP contribution in [0.4, 0.5) is 5.69 Å². The van der Waals surface area contributed by atoms with Gasteiger partial charge in [0.2, 0.25) is 0 Å². The van der Waals surface area contributed by atoms with Gasteiger partial charge in [-0.05, 0) is 37.3 Å². The quantitative estimate of drug-likeness (QED) is 0.400. The van der Waals surface area contributed by atoms with Crippen molar-refractivity contribution in [3.63, 3.8) is 0 Å². The maximum absolute atomic E-state index is 12.7. The highest BCUT2D eigenvalue weighted by molar-refractivity contribution is 6.40. The van der Waals surface area contributed by atoms with E-state index in [1.54, 1.807) is 18.3 Å². The zero-order chi connectivity index (χ0) is 22.4. The number of aromatic nitrogens is 3. The summed E-state index contributed by atoms with van der Waals surface area (Å²) in [5.41, 5.74) is 4.05. The smallest absolute Gasteiger partial charge is 0.340 e. The average Bonchev–Trinajstić information content (AvgIpc) is 3.16. The third-order valence-electron chi connectivity index (χ3n) is 5.71. The zero-order valence-corrected chi connectivity index (χ0v) is 19.1. The van der Waals surface area contributed by atoms with Crippen LogP contribution in [-0.4, -0.2) is 53.9 Å². The van der Waals surface area contributed by atoms with Crippen molar-refractivity contribution in [3.8, 4) is 5.69 Å². The Morgan fingerprint density at radius 3 is 2.59 bits per heavy atom. The second-order valence-electron chi connectivity index (χ2n) is 7.53. The van der Waals surface area contributed by atoms with Gasteiger partial charge in [-0.15, -0.1) is 0 Å². The highest BCUT2D eigenvalue weighted by Crippen LogP contribution is 2.36. The first-order chi connectivity index (χ1) is 15.5. The molecule has 0 atom stereocenters. The molecule has 0 N–H and O–H groups in total. The number of fused-ring (bicyclic) bond motifs is 2. The molecule has 1 saturated heterocycles. The summed E-state index contributed by atoms with van der Waals surface area (Å²) in [4.78, 5) is 24.0. The lowest BCUT2D eigenvalue weighted by atomic mass is 10.1. The number of esters is 1. The first kappa shape index (κ1) is 21.0. The number of aryl methyl sites for hydroxylation is 1. The van der Waals surface area contributed by atoms with Crippen molar-refractivity contribution in [2.75, 3.05) is 38.3 Å². The molecule has 0 unspecified atom stereocenters. The van der Waals surface area contributed by atoms with Crippen LogP contribution in [0.1, 0.15) is 16.2 Å². The molecule has 0 aliphatic carbocycles. The fraction of sp³-hybridized carbons (Fsp3) is 0.261. The van der Waals surface area contributed by atoms with Gasteiger partial charge in [-0.25, -0.2) is 9.78 Å². The van der Waals surface area contributed by atoms with Gasteiger partial charge in [0.25, 0.3) is 0 Å². The van der Waals surface area contributed by atoms with E-state index in [1.807, 2.05) is 29.7 Å². The number of carbonyl (C=O) groups is 1. The Morgan fingerprint density at radius 2 is 1.84 bits per heavy atom. The van der Waals surface area contributed by atoms with E-state index in [1.165, 1.54) is 7.11 Å². The van der Waals surface area contributed by atoms with Crippen molar-refractivity contribution in [1.29, 1.82) is 0 Å². The lowest BCUT2D eigenvalue weighted by molar-refractivity contribution is 0.0603. The normalized spacial score (nSPS) is 14.3. The second kappa shape index (κ2) is 8.24. The van der Waals surface area contributed by atoms with Gasteiger partial charge in [-0.2, -0.15) is 0 Å². The fourth-order valence-corrected chi connectivity index (χ4v) is 4.67. The Kier molecular flexibility index (Phi) is 5.41. The Labute approximate surface area is 194 Å². The first-order valence-corrected chi connectivity index (χ1v) is 10.9. The number of ether oxygens (including phenoxy) is 2. The monoisotopic (exact) mass is 470 g/mol. The molecule has 9 heteroatoms. The summed E-state index contributed by atoms with van der Waals surface area (Å²) in [5.74, 6) is 0.267. The minimum atomic E-state index is -0.435. The number of nitrogens with zero attached hydrogens (tertiary/aromatic N) is 4. The number of methoxy groups -OCH3 is 1. The fourth-order valence-electron chi connectivity index (χ4n) is 4.22. The number of pyridine rings is 1. The van der Waals surface area contributed by atoms with Crippen molar-refractivity contribution in [2.24, 2.45) is 0 Å². The summed E-state index contributed by atoms with van der Waals surface area (Å²) in [6, 6.07) is 9.24. The van der Waals surface area contributed by atoms with Crippen molar-refractivity contribution in [2.45, 2.75) is 6.92 Å². The summed E-state index contributed by atoms with van der Waals surface area (Å²) >= 11 is 13.0. The molecular weight excluding hydrogens is 451 g/mol. The number of anilines is 1. The summed E-state index contributed by atoms with van der Waals surface area (Å²) in [6.07, 6.45) is 1.69. The molecule has 4 aromatic rings. The van der Waals surface area contributed by atoms with Crippen LogP contribution in [0.3, 0.4) is 0 Å². The number of rotatable bonds is 3. The average molecular weight is 471 g/mol. The Bertz CT molecular complexity index is 1360. The standard InChI is InChI=1S/C23H20Cl2N4O3/c1-13-27-21-15(23(30)31-2)11-14(28-7-9-32-10-8-28)12-19(21)29(13)18-5-6-26-22-17(25)4-3-16(24)20(18)22/h3-6,11-12H,7-10H2,1-2H3. The summed E-state index contributed by atoms with van der Waals surface area (Å²) < 4.78 is 12.5. The molecule has 5 rings (SSSR count). The van der Waals surface area contributed by atoms with Gasteiger partial charge in [0.1, 0.15) is 11.3 Å². The number of benzene rings is 2. The summed E-state index contributed by atoms with van der Waals surface area (Å²) in [5, 5.41) is 1.77. The van der Waals surface area contributed by atoms with E-state index in [9.17, 15) is 4.79 Å². The van der Waals surface area contributed by atoms with Crippen LogP contribution in [-0.2, 0) is 9.47 Å². The number of hydrogen-bond donors (Lipinski definition) is 0. The molecule has 2 aromatic carbocycles. The maximum Gasteiger partial charge on any atom is 0.340 e. The Balaban J connectivity index is 1.83. The molecule has 164 valence electrons. The summed E-state index contributed by atoms with van der Waals surface area (Å²) in [7, 11) is 1.37. The molecule has 0 amide bonds. The predicted molar refractivity (Wildman–Crippen MR) is 125 cm³/mol. The molecule has 3 heterocycles. The van der Waals surface area contributed by atoms with Gasteiger partial charge in [0.05, 0.1) is 52.7 Å². The second-order valence-corrected chi connectivity index (χ2v) is 8.34.